The van der Waals surface area contributed by atoms with Crippen molar-refractivity contribution in [3.05, 3.63) is 70.5 Å². The molecule has 0 bridgehead atoms. The molecule has 0 spiro atoms. The standard InChI is InChI=1S/C18H19ClFNO/c1-21(2)12-14(17-11-15(19)8-9-18(17)20)7-6-13-4-3-5-16(22)10-13/h3-5,7-11,22H,6,12H2,1-2H3/b14-7+. The molecule has 2 rings (SSSR count). The SMILES string of the molecule is CN(C)C/C(=C\Cc1cccc(O)c1)c1cc(Cl)ccc1F. The predicted molar refractivity (Wildman–Crippen MR) is 89.8 cm³/mol. The zero-order valence-corrected chi connectivity index (χ0v) is 13.4. The molecule has 2 aromatic rings. The van der Waals surface area contributed by atoms with Gasteiger partial charge in [0.2, 0.25) is 0 Å². The molecule has 0 aromatic heterocycles. The molecule has 0 aliphatic rings. The van der Waals surface area contributed by atoms with E-state index in [-0.39, 0.29) is 11.6 Å². The maximum absolute atomic E-state index is 14.1. The van der Waals surface area contributed by atoms with E-state index in [9.17, 15) is 9.50 Å². The summed E-state index contributed by atoms with van der Waals surface area (Å²) in [6.07, 6.45) is 2.59. The van der Waals surface area contributed by atoms with Gasteiger partial charge in [-0.2, -0.15) is 0 Å². The largest absolute Gasteiger partial charge is 0.508 e. The Bertz CT molecular complexity index is 683. The quantitative estimate of drug-likeness (QED) is 0.884. The summed E-state index contributed by atoms with van der Waals surface area (Å²) in [5, 5.41) is 10.0. The van der Waals surface area contributed by atoms with Crippen LogP contribution in [0.2, 0.25) is 5.02 Å². The Labute approximate surface area is 135 Å². The third-order valence-electron chi connectivity index (χ3n) is 3.26. The van der Waals surface area contributed by atoms with Gasteiger partial charge in [-0.3, -0.25) is 0 Å². The summed E-state index contributed by atoms with van der Waals surface area (Å²) < 4.78 is 14.1. The van der Waals surface area contributed by atoms with Crippen LogP contribution in [0.4, 0.5) is 4.39 Å². The van der Waals surface area contributed by atoms with Crippen LogP contribution in [0.5, 0.6) is 5.75 Å². The molecule has 0 fully saturated rings. The minimum atomic E-state index is -0.284. The zero-order chi connectivity index (χ0) is 16.1. The fraction of sp³-hybridized carbons (Fsp3) is 0.222. The number of likely N-dealkylation sites (N-methyl/N-ethyl adjacent to an activating group) is 1. The van der Waals surface area contributed by atoms with Crippen molar-refractivity contribution < 1.29 is 9.50 Å². The van der Waals surface area contributed by atoms with E-state index in [1.807, 2.05) is 31.1 Å². The fourth-order valence-electron chi connectivity index (χ4n) is 2.27. The van der Waals surface area contributed by atoms with Crippen molar-refractivity contribution in [2.45, 2.75) is 6.42 Å². The van der Waals surface area contributed by atoms with Gasteiger partial charge in [0.15, 0.2) is 0 Å². The van der Waals surface area contributed by atoms with Crippen LogP contribution in [0, 0.1) is 5.82 Å². The van der Waals surface area contributed by atoms with Crippen molar-refractivity contribution in [3.63, 3.8) is 0 Å². The Morgan fingerprint density at radius 3 is 2.68 bits per heavy atom. The highest BCUT2D eigenvalue weighted by molar-refractivity contribution is 6.30. The summed E-state index contributed by atoms with van der Waals surface area (Å²) in [6.45, 7) is 0.607. The van der Waals surface area contributed by atoms with Crippen molar-refractivity contribution in [2.24, 2.45) is 0 Å². The number of rotatable bonds is 5. The van der Waals surface area contributed by atoms with Crippen LogP contribution in [0.25, 0.3) is 5.57 Å². The van der Waals surface area contributed by atoms with Gasteiger partial charge >= 0.3 is 0 Å². The van der Waals surface area contributed by atoms with Gasteiger partial charge in [-0.1, -0.05) is 29.8 Å². The summed E-state index contributed by atoms with van der Waals surface area (Å²) in [5.74, 6) is -0.0533. The highest BCUT2D eigenvalue weighted by atomic mass is 35.5. The second kappa shape index (κ2) is 7.43. The molecule has 116 valence electrons. The first-order valence-electron chi connectivity index (χ1n) is 7.03. The summed E-state index contributed by atoms with van der Waals surface area (Å²) >= 11 is 5.99. The fourth-order valence-corrected chi connectivity index (χ4v) is 2.44. The minimum absolute atomic E-state index is 0.231. The first kappa shape index (κ1) is 16.5. The number of benzene rings is 2. The second-order valence-corrected chi connectivity index (χ2v) is 5.90. The minimum Gasteiger partial charge on any atom is -0.508 e. The number of phenolic OH excluding ortho intramolecular Hbond substituents is 1. The average Bonchev–Trinajstić information content (AvgIpc) is 2.46. The molecule has 22 heavy (non-hydrogen) atoms. The first-order valence-corrected chi connectivity index (χ1v) is 7.40. The Kier molecular flexibility index (Phi) is 5.58. The van der Waals surface area contributed by atoms with E-state index >= 15 is 0 Å². The summed E-state index contributed by atoms with van der Waals surface area (Å²) in [5.41, 5.74) is 2.35. The van der Waals surface area contributed by atoms with Crippen molar-refractivity contribution in [1.29, 1.82) is 0 Å². The van der Waals surface area contributed by atoms with Gasteiger partial charge in [-0.25, -0.2) is 4.39 Å². The smallest absolute Gasteiger partial charge is 0.130 e. The number of allylic oxidation sites excluding steroid dienone is 1. The van der Waals surface area contributed by atoms with Gasteiger partial charge in [0, 0.05) is 17.1 Å². The maximum atomic E-state index is 14.1. The normalized spacial score (nSPS) is 12.0. The summed E-state index contributed by atoms with van der Waals surface area (Å²) in [6, 6.07) is 11.6. The molecule has 1 N–H and O–H groups in total. The van der Waals surface area contributed by atoms with Crippen LogP contribution in [-0.2, 0) is 6.42 Å². The Balaban J connectivity index is 2.33. The molecule has 0 radical (unpaired) electrons. The lowest BCUT2D eigenvalue weighted by Crippen LogP contribution is -2.15. The summed E-state index contributed by atoms with van der Waals surface area (Å²) in [4.78, 5) is 1.98. The van der Waals surface area contributed by atoms with Crippen molar-refractivity contribution in [1.82, 2.24) is 4.90 Å². The van der Waals surface area contributed by atoms with E-state index in [0.29, 0.717) is 23.6 Å². The van der Waals surface area contributed by atoms with Crippen LogP contribution >= 0.6 is 11.6 Å². The van der Waals surface area contributed by atoms with Crippen LogP contribution in [0.15, 0.2) is 48.5 Å². The molecule has 0 aliphatic heterocycles. The number of halogens is 2. The molecule has 0 aliphatic carbocycles. The second-order valence-electron chi connectivity index (χ2n) is 5.47. The third kappa shape index (κ3) is 4.58. The molecular weight excluding hydrogens is 301 g/mol. The van der Waals surface area contributed by atoms with Crippen molar-refractivity contribution in [2.75, 3.05) is 20.6 Å². The number of nitrogens with zero attached hydrogens (tertiary/aromatic N) is 1. The maximum Gasteiger partial charge on any atom is 0.130 e. The molecule has 2 nitrogen and oxygen atoms in total. The third-order valence-corrected chi connectivity index (χ3v) is 3.49. The zero-order valence-electron chi connectivity index (χ0n) is 12.7. The van der Waals surface area contributed by atoms with E-state index < -0.39 is 0 Å². The van der Waals surface area contributed by atoms with Gasteiger partial charge in [0.25, 0.3) is 0 Å². The first-order chi connectivity index (χ1) is 10.5. The topological polar surface area (TPSA) is 23.5 Å². The number of phenols is 1. The van der Waals surface area contributed by atoms with Gasteiger partial charge in [0.05, 0.1) is 0 Å². The monoisotopic (exact) mass is 319 g/mol. The van der Waals surface area contributed by atoms with E-state index in [0.717, 1.165) is 11.1 Å². The highest BCUT2D eigenvalue weighted by Gasteiger charge is 2.10. The number of hydrogen-bond acceptors (Lipinski definition) is 2. The van der Waals surface area contributed by atoms with Gasteiger partial charge < -0.3 is 10.0 Å². The van der Waals surface area contributed by atoms with E-state index in [4.69, 9.17) is 11.6 Å². The molecule has 0 heterocycles. The molecular formula is C18H19ClFNO. The number of aromatic hydroxyl groups is 1. The van der Waals surface area contributed by atoms with Crippen molar-refractivity contribution >= 4 is 17.2 Å². The van der Waals surface area contributed by atoms with Crippen LogP contribution < -0.4 is 0 Å². The molecule has 0 atom stereocenters. The van der Waals surface area contributed by atoms with E-state index in [2.05, 4.69) is 0 Å². The lowest BCUT2D eigenvalue weighted by atomic mass is 10.0. The highest BCUT2D eigenvalue weighted by Crippen LogP contribution is 2.24. The Morgan fingerprint density at radius 1 is 1.23 bits per heavy atom. The van der Waals surface area contributed by atoms with Gasteiger partial charge in [-0.05, 0) is 62.0 Å². The van der Waals surface area contributed by atoms with E-state index in [1.165, 1.54) is 6.07 Å². The van der Waals surface area contributed by atoms with Gasteiger partial charge in [0.1, 0.15) is 11.6 Å². The number of hydrogen-bond donors (Lipinski definition) is 1. The molecule has 0 saturated carbocycles. The van der Waals surface area contributed by atoms with Gasteiger partial charge in [-0.15, -0.1) is 0 Å². The van der Waals surface area contributed by atoms with Crippen LogP contribution in [-0.4, -0.2) is 30.6 Å². The predicted octanol–water partition coefficient (Wildman–Crippen LogP) is 4.37. The molecule has 4 heteroatoms. The Hall–Kier alpha value is -1.84. The molecule has 0 amide bonds. The molecule has 2 aromatic carbocycles. The Morgan fingerprint density at radius 2 is 2.00 bits per heavy atom. The van der Waals surface area contributed by atoms with E-state index in [1.54, 1.807) is 30.3 Å². The summed E-state index contributed by atoms with van der Waals surface area (Å²) in [7, 11) is 3.87. The van der Waals surface area contributed by atoms with Crippen molar-refractivity contribution in [3.8, 4) is 5.75 Å². The lowest BCUT2D eigenvalue weighted by molar-refractivity contribution is 0.461. The molecule has 0 saturated heterocycles. The van der Waals surface area contributed by atoms with Crippen LogP contribution in [0.3, 0.4) is 0 Å². The average molecular weight is 320 g/mol. The lowest BCUT2D eigenvalue weighted by Gasteiger charge is -2.15. The molecule has 0 unspecified atom stereocenters. The van der Waals surface area contributed by atoms with Crippen LogP contribution in [0.1, 0.15) is 11.1 Å².